The van der Waals surface area contributed by atoms with E-state index < -0.39 is 6.04 Å². The van der Waals surface area contributed by atoms with Gasteiger partial charge in [-0.1, -0.05) is 42.5 Å². The highest BCUT2D eigenvalue weighted by Gasteiger charge is 2.33. The van der Waals surface area contributed by atoms with Crippen molar-refractivity contribution in [2.75, 3.05) is 13.1 Å². The SMILES string of the molecule is Cc1cc2cc(C(c3nnnn3Cc3ccc(F)cc3)N3CCC(Cc4ccccc4)CC3)c(=O)[nH]c2cc1C. The number of aryl methyl sites for hydroxylation is 2. The van der Waals surface area contributed by atoms with E-state index in [9.17, 15) is 9.18 Å². The van der Waals surface area contributed by atoms with Crippen LogP contribution in [0.15, 0.2) is 77.6 Å². The number of piperidine rings is 1. The number of nitrogens with zero attached hydrogens (tertiary/aromatic N) is 5. The third-order valence-corrected chi connectivity index (χ3v) is 8.21. The molecule has 1 fully saturated rings. The fourth-order valence-corrected chi connectivity index (χ4v) is 5.84. The zero-order valence-electron chi connectivity index (χ0n) is 22.8. The van der Waals surface area contributed by atoms with Crippen molar-refractivity contribution in [3.8, 4) is 0 Å². The number of aromatic nitrogens is 5. The molecule has 6 rings (SSSR count). The lowest BCUT2D eigenvalue weighted by Gasteiger charge is -2.37. The molecule has 1 aliphatic heterocycles. The monoisotopic (exact) mass is 536 g/mol. The number of tetrazole rings is 1. The highest BCUT2D eigenvalue weighted by Crippen LogP contribution is 2.32. The average Bonchev–Trinajstić information content (AvgIpc) is 3.40. The predicted octanol–water partition coefficient (Wildman–Crippen LogP) is 5.36. The molecule has 1 unspecified atom stereocenters. The van der Waals surface area contributed by atoms with E-state index in [0.717, 1.165) is 54.4 Å². The van der Waals surface area contributed by atoms with Gasteiger partial charge in [0, 0.05) is 11.1 Å². The first-order valence-corrected chi connectivity index (χ1v) is 13.9. The number of aromatic amines is 1. The van der Waals surface area contributed by atoms with Gasteiger partial charge >= 0.3 is 0 Å². The van der Waals surface area contributed by atoms with Crippen LogP contribution in [0.4, 0.5) is 4.39 Å². The van der Waals surface area contributed by atoms with E-state index in [1.807, 2.05) is 19.1 Å². The molecule has 0 spiro atoms. The lowest BCUT2D eigenvalue weighted by molar-refractivity contribution is 0.143. The number of likely N-dealkylation sites (tertiary alicyclic amines) is 1. The standard InChI is InChI=1S/C32H33FN6O/c1-21-16-26-19-28(32(40)34-29(26)17-22(21)2)30(31-35-36-37-39(31)20-25-8-10-27(33)11-9-25)38-14-12-24(13-15-38)18-23-6-4-3-5-7-23/h3-11,16-17,19,24,30H,12-15,18,20H2,1-2H3,(H,34,40). The largest absolute Gasteiger partial charge is 0.322 e. The summed E-state index contributed by atoms with van der Waals surface area (Å²) >= 11 is 0. The van der Waals surface area contributed by atoms with Gasteiger partial charge in [-0.05, 0) is 121 Å². The van der Waals surface area contributed by atoms with Crippen LogP contribution < -0.4 is 5.56 Å². The minimum absolute atomic E-state index is 0.136. The van der Waals surface area contributed by atoms with Crippen molar-refractivity contribution in [2.45, 2.75) is 45.7 Å². The van der Waals surface area contributed by atoms with Crippen molar-refractivity contribution in [3.63, 3.8) is 0 Å². The van der Waals surface area contributed by atoms with Gasteiger partial charge in [-0.25, -0.2) is 9.07 Å². The Hall–Kier alpha value is -4.17. The fraction of sp³-hybridized carbons (Fsp3) is 0.312. The van der Waals surface area contributed by atoms with Gasteiger partial charge in [-0.2, -0.15) is 0 Å². The second-order valence-electron chi connectivity index (χ2n) is 11.0. The summed E-state index contributed by atoms with van der Waals surface area (Å²) in [4.78, 5) is 19.1. The van der Waals surface area contributed by atoms with Crippen LogP contribution in [0.1, 0.15) is 52.5 Å². The third-order valence-electron chi connectivity index (χ3n) is 8.21. The van der Waals surface area contributed by atoms with E-state index in [0.29, 0.717) is 23.9 Å². The Morgan fingerprint density at radius 3 is 2.42 bits per heavy atom. The number of nitrogens with one attached hydrogen (secondary N) is 1. The summed E-state index contributed by atoms with van der Waals surface area (Å²) in [7, 11) is 0. The number of rotatable bonds is 7. The third kappa shape index (κ3) is 5.45. The topological polar surface area (TPSA) is 79.7 Å². The lowest BCUT2D eigenvalue weighted by Crippen LogP contribution is -2.41. The summed E-state index contributed by atoms with van der Waals surface area (Å²) in [5.41, 5.74) is 5.87. The Kier molecular flexibility index (Phi) is 7.26. The van der Waals surface area contributed by atoms with Crippen LogP contribution in [0.25, 0.3) is 10.9 Å². The van der Waals surface area contributed by atoms with Crippen molar-refractivity contribution >= 4 is 10.9 Å². The molecule has 7 nitrogen and oxygen atoms in total. The van der Waals surface area contributed by atoms with Crippen LogP contribution in [0.3, 0.4) is 0 Å². The zero-order chi connectivity index (χ0) is 27.6. The predicted molar refractivity (Wildman–Crippen MR) is 154 cm³/mol. The van der Waals surface area contributed by atoms with Crippen molar-refractivity contribution in [2.24, 2.45) is 5.92 Å². The van der Waals surface area contributed by atoms with Gasteiger partial charge in [0.05, 0.1) is 6.54 Å². The average molecular weight is 537 g/mol. The van der Waals surface area contributed by atoms with E-state index in [2.05, 4.69) is 68.7 Å². The molecule has 3 aromatic carbocycles. The summed E-state index contributed by atoms with van der Waals surface area (Å²) in [6.45, 7) is 6.17. The van der Waals surface area contributed by atoms with Gasteiger partial charge in [0.25, 0.3) is 5.56 Å². The van der Waals surface area contributed by atoms with Gasteiger partial charge in [0.1, 0.15) is 11.9 Å². The van der Waals surface area contributed by atoms with Gasteiger partial charge < -0.3 is 4.98 Å². The Morgan fingerprint density at radius 2 is 1.68 bits per heavy atom. The van der Waals surface area contributed by atoms with Crippen LogP contribution in [-0.4, -0.2) is 43.2 Å². The van der Waals surface area contributed by atoms with E-state index in [-0.39, 0.29) is 11.4 Å². The molecule has 40 heavy (non-hydrogen) atoms. The molecule has 5 aromatic rings. The van der Waals surface area contributed by atoms with Crippen molar-refractivity contribution in [1.82, 2.24) is 30.1 Å². The molecule has 8 heteroatoms. The van der Waals surface area contributed by atoms with Gasteiger partial charge in [0.15, 0.2) is 5.82 Å². The summed E-state index contributed by atoms with van der Waals surface area (Å²) in [6.07, 6.45) is 3.10. The molecule has 3 heterocycles. The second-order valence-corrected chi connectivity index (χ2v) is 11.0. The van der Waals surface area contributed by atoms with Gasteiger partial charge in [-0.15, -0.1) is 5.10 Å². The summed E-state index contributed by atoms with van der Waals surface area (Å²) < 4.78 is 15.3. The molecule has 0 saturated carbocycles. The number of H-pyrrole nitrogens is 1. The molecule has 1 atom stereocenters. The number of hydrogen-bond donors (Lipinski definition) is 1. The first-order chi connectivity index (χ1) is 19.4. The summed E-state index contributed by atoms with van der Waals surface area (Å²) in [5, 5.41) is 13.7. The van der Waals surface area contributed by atoms with Crippen LogP contribution in [0.2, 0.25) is 0 Å². The number of benzene rings is 3. The van der Waals surface area contributed by atoms with Gasteiger partial charge in [-0.3, -0.25) is 9.69 Å². The van der Waals surface area contributed by atoms with Crippen LogP contribution in [0.5, 0.6) is 0 Å². The number of halogens is 1. The molecule has 1 aliphatic rings. The number of pyridine rings is 1. The van der Waals surface area contributed by atoms with E-state index in [4.69, 9.17) is 0 Å². The first-order valence-electron chi connectivity index (χ1n) is 13.9. The minimum Gasteiger partial charge on any atom is -0.322 e. The van der Waals surface area contributed by atoms with E-state index in [1.54, 1.807) is 16.8 Å². The fourth-order valence-electron chi connectivity index (χ4n) is 5.84. The van der Waals surface area contributed by atoms with Crippen LogP contribution >= 0.6 is 0 Å². The Labute approximate surface area is 232 Å². The molecule has 1 N–H and O–H groups in total. The van der Waals surface area contributed by atoms with Crippen LogP contribution in [0, 0.1) is 25.6 Å². The minimum atomic E-state index is -0.414. The van der Waals surface area contributed by atoms with E-state index >= 15 is 0 Å². The molecule has 0 amide bonds. The normalized spacial score (nSPS) is 15.5. The Balaban J connectivity index is 1.36. The van der Waals surface area contributed by atoms with Gasteiger partial charge in [0.2, 0.25) is 0 Å². The zero-order valence-corrected chi connectivity index (χ0v) is 22.8. The van der Waals surface area contributed by atoms with Crippen molar-refractivity contribution in [3.05, 3.63) is 123 Å². The summed E-state index contributed by atoms with van der Waals surface area (Å²) in [6, 6.07) is 22.7. The Morgan fingerprint density at radius 1 is 0.950 bits per heavy atom. The molecule has 0 aliphatic carbocycles. The van der Waals surface area contributed by atoms with Crippen molar-refractivity contribution < 1.29 is 4.39 Å². The highest BCUT2D eigenvalue weighted by molar-refractivity contribution is 5.81. The molecule has 204 valence electrons. The van der Waals surface area contributed by atoms with Crippen molar-refractivity contribution in [1.29, 1.82) is 0 Å². The maximum absolute atomic E-state index is 13.6. The van der Waals surface area contributed by atoms with E-state index in [1.165, 1.54) is 23.3 Å². The molecule has 1 saturated heterocycles. The Bertz CT molecular complexity index is 1670. The van der Waals surface area contributed by atoms with Crippen LogP contribution in [-0.2, 0) is 13.0 Å². The molecule has 0 bridgehead atoms. The summed E-state index contributed by atoms with van der Waals surface area (Å²) in [5.74, 6) is 0.903. The second kappa shape index (κ2) is 11.1. The first kappa shape index (κ1) is 26.1. The number of hydrogen-bond acceptors (Lipinski definition) is 5. The highest BCUT2D eigenvalue weighted by atomic mass is 19.1. The maximum Gasteiger partial charge on any atom is 0.253 e. The number of fused-ring (bicyclic) bond motifs is 1. The molecular weight excluding hydrogens is 503 g/mol. The smallest absolute Gasteiger partial charge is 0.253 e. The molecule has 0 radical (unpaired) electrons. The molecular formula is C32H33FN6O. The quantitative estimate of drug-likeness (QED) is 0.303. The lowest BCUT2D eigenvalue weighted by atomic mass is 9.89. The molecule has 2 aromatic heterocycles. The maximum atomic E-state index is 13.6.